The van der Waals surface area contributed by atoms with Gasteiger partial charge in [0.1, 0.15) is 0 Å². The Bertz CT molecular complexity index is 658. The monoisotopic (exact) mass is 316 g/mol. The number of aliphatic carboxylic acids is 1. The fourth-order valence-electron chi connectivity index (χ4n) is 4.13. The molecule has 0 radical (unpaired) electrons. The lowest BCUT2D eigenvalue weighted by atomic mass is 9.78. The average molecular weight is 316 g/mol. The second-order valence-electron chi connectivity index (χ2n) is 6.47. The number of benzene rings is 1. The summed E-state index contributed by atoms with van der Waals surface area (Å²) in [5.41, 5.74) is 1.16. The molecule has 6 nitrogen and oxygen atoms in total. The third-order valence-corrected chi connectivity index (χ3v) is 4.95. The predicted molar refractivity (Wildman–Crippen MR) is 84.8 cm³/mol. The van der Waals surface area contributed by atoms with Crippen molar-refractivity contribution in [1.82, 2.24) is 0 Å². The van der Waals surface area contributed by atoms with Gasteiger partial charge in [0.2, 0.25) is 11.8 Å². The topological polar surface area (TPSA) is 95.5 Å². The molecule has 0 unspecified atom stereocenters. The van der Waals surface area contributed by atoms with Crippen molar-refractivity contribution in [2.24, 2.45) is 23.7 Å². The summed E-state index contributed by atoms with van der Waals surface area (Å²) in [6.45, 7) is 1.41. The van der Waals surface area contributed by atoms with Crippen molar-refractivity contribution in [2.45, 2.75) is 26.2 Å². The van der Waals surface area contributed by atoms with Gasteiger partial charge in [-0.15, -0.1) is 0 Å². The molecular weight excluding hydrogens is 296 g/mol. The Kier molecular flexibility index (Phi) is 4.07. The maximum atomic E-state index is 12.6. The van der Waals surface area contributed by atoms with Gasteiger partial charge < -0.3 is 15.7 Å². The van der Waals surface area contributed by atoms with Gasteiger partial charge in [0, 0.05) is 18.3 Å². The molecule has 0 spiro atoms. The van der Waals surface area contributed by atoms with E-state index in [0.717, 1.165) is 19.3 Å². The summed E-state index contributed by atoms with van der Waals surface area (Å²) in [6, 6.07) is 6.86. The summed E-state index contributed by atoms with van der Waals surface area (Å²) in [5.74, 6) is -2.04. The van der Waals surface area contributed by atoms with Gasteiger partial charge in [-0.25, -0.2) is 0 Å². The SMILES string of the molecule is CC(=O)Nc1cccc(NC(=O)[C@H]2[C@@H]3CC[C@@H](C3)[C@@H]2C(=O)O)c1. The number of fused-ring (bicyclic) bond motifs is 2. The largest absolute Gasteiger partial charge is 0.481 e. The molecule has 0 heterocycles. The van der Waals surface area contributed by atoms with Crippen molar-refractivity contribution < 1.29 is 19.5 Å². The third kappa shape index (κ3) is 3.06. The molecule has 0 saturated heterocycles. The lowest BCUT2D eigenvalue weighted by molar-refractivity contribution is -0.148. The van der Waals surface area contributed by atoms with Gasteiger partial charge in [-0.3, -0.25) is 14.4 Å². The summed E-state index contributed by atoms with van der Waals surface area (Å²) < 4.78 is 0. The number of nitrogens with one attached hydrogen (secondary N) is 2. The highest BCUT2D eigenvalue weighted by atomic mass is 16.4. The van der Waals surface area contributed by atoms with Gasteiger partial charge in [-0.05, 0) is 49.3 Å². The molecule has 2 saturated carbocycles. The van der Waals surface area contributed by atoms with Gasteiger partial charge in [0.15, 0.2) is 0 Å². The Morgan fingerprint density at radius 2 is 1.65 bits per heavy atom. The van der Waals surface area contributed by atoms with Crippen LogP contribution in [-0.2, 0) is 14.4 Å². The van der Waals surface area contributed by atoms with Crippen LogP contribution in [-0.4, -0.2) is 22.9 Å². The van der Waals surface area contributed by atoms with Crippen molar-refractivity contribution >= 4 is 29.2 Å². The molecule has 1 aromatic rings. The van der Waals surface area contributed by atoms with Crippen LogP contribution in [0.1, 0.15) is 26.2 Å². The van der Waals surface area contributed by atoms with E-state index in [0.29, 0.717) is 11.4 Å². The van der Waals surface area contributed by atoms with E-state index in [-0.39, 0.29) is 23.7 Å². The number of hydrogen-bond donors (Lipinski definition) is 3. The molecule has 3 rings (SSSR count). The first-order valence-corrected chi connectivity index (χ1v) is 7.87. The molecule has 3 N–H and O–H groups in total. The Hall–Kier alpha value is -2.37. The van der Waals surface area contributed by atoms with E-state index < -0.39 is 17.8 Å². The third-order valence-electron chi connectivity index (χ3n) is 4.95. The second kappa shape index (κ2) is 6.02. The number of amides is 2. The summed E-state index contributed by atoms with van der Waals surface area (Å²) in [5, 5.41) is 14.9. The van der Waals surface area contributed by atoms with Gasteiger partial charge in [-0.1, -0.05) is 6.07 Å². The van der Waals surface area contributed by atoms with Crippen molar-refractivity contribution in [1.29, 1.82) is 0 Å². The second-order valence-corrected chi connectivity index (χ2v) is 6.47. The number of carboxylic acid groups (broad SMARTS) is 1. The van der Waals surface area contributed by atoms with E-state index >= 15 is 0 Å². The Labute approximate surface area is 134 Å². The molecule has 1 aromatic carbocycles. The van der Waals surface area contributed by atoms with Crippen LogP contribution in [0.3, 0.4) is 0 Å². The summed E-state index contributed by atoms with van der Waals surface area (Å²) in [6.07, 6.45) is 2.67. The van der Waals surface area contributed by atoms with Crippen LogP contribution in [0.25, 0.3) is 0 Å². The molecule has 2 aliphatic rings. The number of hydrogen-bond acceptors (Lipinski definition) is 3. The summed E-state index contributed by atoms with van der Waals surface area (Å²) in [4.78, 5) is 35.2. The molecule has 0 aliphatic heterocycles. The molecule has 2 fully saturated rings. The molecule has 2 aliphatic carbocycles. The molecule has 4 atom stereocenters. The van der Waals surface area contributed by atoms with Crippen LogP contribution in [0.4, 0.5) is 11.4 Å². The highest BCUT2D eigenvalue weighted by molar-refractivity contribution is 5.97. The van der Waals surface area contributed by atoms with Crippen LogP contribution in [0.15, 0.2) is 24.3 Å². The van der Waals surface area contributed by atoms with E-state index in [9.17, 15) is 19.5 Å². The van der Waals surface area contributed by atoms with Gasteiger partial charge in [0.25, 0.3) is 0 Å². The number of carboxylic acids is 1. The maximum Gasteiger partial charge on any atom is 0.307 e. The molecule has 6 heteroatoms. The highest BCUT2D eigenvalue weighted by Gasteiger charge is 2.53. The maximum absolute atomic E-state index is 12.6. The molecule has 23 heavy (non-hydrogen) atoms. The van der Waals surface area contributed by atoms with Crippen LogP contribution in [0.2, 0.25) is 0 Å². The van der Waals surface area contributed by atoms with E-state index in [1.54, 1.807) is 24.3 Å². The minimum absolute atomic E-state index is 0.124. The minimum atomic E-state index is -0.871. The van der Waals surface area contributed by atoms with Crippen molar-refractivity contribution in [3.8, 4) is 0 Å². The van der Waals surface area contributed by atoms with Crippen LogP contribution >= 0.6 is 0 Å². The standard InChI is InChI=1S/C17H20N2O4/c1-9(20)18-12-3-2-4-13(8-12)19-16(21)14-10-5-6-11(7-10)15(14)17(22)23/h2-4,8,10-11,14-15H,5-7H2,1H3,(H,18,20)(H,19,21)(H,22,23)/t10-,11+,14+,15+/m1/s1. The smallest absolute Gasteiger partial charge is 0.307 e. The minimum Gasteiger partial charge on any atom is -0.481 e. The molecule has 2 bridgehead atoms. The van der Waals surface area contributed by atoms with Crippen molar-refractivity contribution in [3.05, 3.63) is 24.3 Å². The first-order chi connectivity index (χ1) is 11.0. The number of carbonyl (C=O) groups is 3. The molecule has 2 amide bonds. The van der Waals surface area contributed by atoms with Crippen LogP contribution < -0.4 is 10.6 Å². The highest BCUT2D eigenvalue weighted by Crippen LogP contribution is 2.52. The van der Waals surface area contributed by atoms with Gasteiger partial charge in [0.05, 0.1) is 11.8 Å². The van der Waals surface area contributed by atoms with Crippen LogP contribution in [0, 0.1) is 23.7 Å². The lowest BCUT2D eigenvalue weighted by Crippen LogP contribution is -2.37. The number of carbonyl (C=O) groups excluding carboxylic acids is 2. The average Bonchev–Trinajstić information content (AvgIpc) is 3.07. The zero-order valence-electron chi connectivity index (χ0n) is 12.9. The normalized spacial score (nSPS) is 28.4. The van der Waals surface area contributed by atoms with E-state index in [1.165, 1.54) is 6.92 Å². The Morgan fingerprint density at radius 3 is 2.26 bits per heavy atom. The first-order valence-electron chi connectivity index (χ1n) is 7.87. The van der Waals surface area contributed by atoms with Gasteiger partial charge >= 0.3 is 5.97 Å². The first kappa shape index (κ1) is 15.5. The quantitative estimate of drug-likeness (QED) is 0.794. The zero-order valence-corrected chi connectivity index (χ0v) is 12.9. The van der Waals surface area contributed by atoms with Gasteiger partial charge in [-0.2, -0.15) is 0 Å². The van der Waals surface area contributed by atoms with E-state index in [4.69, 9.17) is 0 Å². The number of rotatable bonds is 4. The summed E-state index contributed by atoms with van der Waals surface area (Å²) in [7, 11) is 0. The lowest BCUT2D eigenvalue weighted by Gasteiger charge is -2.27. The molecule has 122 valence electrons. The van der Waals surface area contributed by atoms with Crippen molar-refractivity contribution in [3.63, 3.8) is 0 Å². The molecule has 0 aromatic heterocycles. The predicted octanol–water partition coefficient (Wildman–Crippen LogP) is 2.33. The fraction of sp³-hybridized carbons (Fsp3) is 0.471. The molecular formula is C17H20N2O4. The van der Waals surface area contributed by atoms with E-state index in [1.807, 2.05) is 0 Å². The Balaban J connectivity index is 1.74. The summed E-state index contributed by atoms with van der Waals surface area (Å²) >= 11 is 0. The fourth-order valence-corrected chi connectivity index (χ4v) is 4.13. The van der Waals surface area contributed by atoms with Crippen molar-refractivity contribution in [2.75, 3.05) is 10.6 Å². The van der Waals surface area contributed by atoms with E-state index in [2.05, 4.69) is 10.6 Å². The number of anilines is 2. The Morgan fingerprint density at radius 1 is 1.04 bits per heavy atom. The zero-order chi connectivity index (χ0) is 16.6. The van der Waals surface area contributed by atoms with Crippen LogP contribution in [0.5, 0.6) is 0 Å².